The van der Waals surface area contributed by atoms with E-state index >= 15 is 0 Å². The van der Waals surface area contributed by atoms with E-state index in [-0.39, 0.29) is 5.91 Å². The summed E-state index contributed by atoms with van der Waals surface area (Å²) in [6, 6.07) is 7.88. The number of hydrogen-bond acceptors (Lipinski definition) is 4. The van der Waals surface area contributed by atoms with E-state index in [9.17, 15) is 4.79 Å². The number of aryl methyl sites for hydroxylation is 1. The van der Waals surface area contributed by atoms with E-state index in [1.807, 2.05) is 37.4 Å². The van der Waals surface area contributed by atoms with Crippen molar-refractivity contribution in [2.45, 2.75) is 19.9 Å². The molecule has 1 amide bonds. The first-order valence-corrected chi connectivity index (χ1v) is 8.49. The molecule has 2 aromatic rings. The van der Waals surface area contributed by atoms with Gasteiger partial charge in [0.2, 0.25) is 5.91 Å². The third kappa shape index (κ3) is 4.66. The number of H-pyrrole nitrogens is 1. The number of rotatable bonds is 5. The smallest absolute Gasteiger partial charge is 0.238 e. The van der Waals surface area contributed by atoms with Gasteiger partial charge in [0.1, 0.15) is 5.82 Å². The maximum Gasteiger partial charge on any atom is 0.238 e. The van der Waals surface area contributed by atoms with Crippen LogP contribution in [0.1, 0.15) is 17.8 Å². The first-order valence-electron chi connectivity index (χ1n) is 8.49. The molecule has 0 saturated carbocycles. The van der Waals surface area contributed by atoms with Gasteiger partial charge < -0.3 is 10.3 Å². The lowest BCUT2D eigenvalue weighted by molar-refractivity contribution is -0.117. The summed E-state index contributed by atoms with van der Waals surface area (Å²) < 4.78 is 0. The SMILES string of the molecule is Cc1ccccc1NC(=O)CN1CCCN(Cc2ncc[nH]2)CC1. The molecular formula is C18H25N5O. The van der Waals surface area contributed by atoms with Crippen molar-refractivity contribution in [2.75, 3.05) is 38.0 Å². The summed E-state index contributed by atoms with van der Waals surface area (Å²) >= 11 is 0. The van der Waals surface area contributed by atoms with E-state index in [4.69, 9.17) is 0 Å². The number of aromatic nitrogens is 2. The molecule has 128 valence electrons. The standard InChI is InChI=1S/C18H25N5O/c1-15-5-2-3-6-16(15)21-18(24)14-23-10-4-9-22(11-12-23)13-17-19-7-8-20-17/h2-3,5-8H,4,9-14H2,1H3,(H,19,20)(H,21,24). The third-order valence-electron chi connectivity index (χ3n) is 4.40. The number of imidazole rings is 1. The highest BCUT2D eigenvalue weighted by Gasteiger charge is 2.18. The summed E-state index contributed by atoms with van der Waals surface area (Å²) in [6.07, 6.45) is 4.71. The lowest BCUT2D eigenvalue weighted by Crippen LogP contribution is -2.36. The van der Waals surface area contributed by atoms with Crippen molar-refractivity contribution in [3.8, 4) is 0 Å². The molecule has 2 N–H and O–H groups in total. The Kier molecular flexibility index (Phi) is 5.61. The average Bonchev–Trinajstić information content (AvgIpc) is 2.97. The van der Waals surface area contributed by atoms with Crippen molar-refractivity contribution >= 4 is 11.6 Å². The molecule has 0 atom stereocenters. The normalized spacial score (nSPS) is 16.7. The Bertz CT molecular complexity index is 655. The minimum Gasteiger partial charge on any atom is -0.348 e. The van der Waals surface area contributed by atoms with Gasteiger partial charge in [-0.25, -0.2) is 4.98 Å². The summed E-state index contributed by atoms with van der Waals surface area (Å²) in [5.74, 6) is 1.06. The fraction of sp³-hybridized carbons (Fsp3) is 0.444. The number of carbonyl (C=O) groups excluding carboxylic acids is 1. The summed E-state index contributed by atoms with van der Waals surface area (Å²) in [6.45, 7) is 7.15. The van der Waals surface area contributed by atoms with Gasteiger partial charge in [-0.1, -0.05) is 18.2 Å². The second kappa shape index (κ2) is 8.08. The van der Waals surface area contributed by atoms with Crippen molar-refractivity contribution in [1.29, 1.82) is 0 Å². The Morgan fingerprint density at radius 1 is 1.21 bits per heavy atom. The lowest BCUT2D eigenvalue weighted by atomic mass is 10.2. The number of anilines is 1. The minimum atomic E-state index is 0.0591. The van der Waals surface area contributed by atoms with Gasteiger partial charge in [0.05, 0.1) is 13.1 Å². The zero-order chi connectivity index (χ0) is 16.8. The zero-order valence-corrected chi connectivity index (χ0v) is 14.2. The molecule has 3 rings (SSSR count). The van der Waals surface area contributed by atoms with E-state index in [1.165, 1.54) is 0 Å². The predicted molar refractivity (Wildman–Crippen MR) is 94.7 cm³/mol. The largest absolute Gasteiger partial charge is 0.348 e. The van der Waals surface area contributed by atoms with Crippen LogP contribution in [0.2, 0.25) is 0 Å². The van der Waals surface area contributed by atoms with E-state index in [2.05, 4.69) is 25.1 Å². The van der Waals surface area contributed by atoms with Crippen LogP contribution in [-0.4, -0.2) is 58.4 Å². The number of hydrogen-bond donors (Lipinski definition) is 2. The molecule has 1 aliphatic rings. The number of nitrogens with one attached hydrogen (secondary N) is 2. The van der Waals surface area contributed by atoms with E-state index < -0.39 is 0 Å². The summed E-state index contributed by atoms with van der Waals surface area (Å²) in [4.78, 5) is 24.4. The molecule has 2 heterocycles. The number of nitrogens with zero attached hydrogens (tertiary/aromatic N) is 3. The molecule has 1 fully saturated rings. The van der Waals surface area contributed by atoms with Gasteiger partial charge in [-0.3, -0.25) is 14.6 Å². The van der Waals surface area contributed by atoms with Crippen LogP contribution in [0.25, 0.3) is 0 Å². The highest BCUT2D eigenvalue weighted by atomic mass is 16.2. The highest BCUT2D eigenvalue weighted by Crippen LogP contribution is 2.13. The first kappa shape index (κ1) is 16.7. The molecule has 6 nitrogen and oxygen atoms in total. The van der Waals surface area contributed by atoms with Gasteiger partial charge in [-0.15, -0.1) is 0 Å². The van der Waals surface area contributed by atoms with Gasteiger partial charge >= 0.3 is 0 Å². The number of amides is 1. The molecule has 6 heteroatoms. The van der Waals surface area contributed by atoms with Gasteiger partial charge in [0.15, 0.2) is 0 Å². The van der Waals surface area contributed by atoms with Crippen molar-refractivity contribution in [3.63, 3.8) is 0 Å². The molecule has 1 aliphatic heterocycles. The Morgan fingerprint density at radius 3 is 2.79 bits per heavy atom. The average molecular weight is 327 g/mol. The third-order valence-corrected chi connectivity index (χ3v) is 4.40. The molecular weight excluding hydrogens is 302 g/mol. The monoisotopic (exact) mass is 327 g/mol. The van der Waals surface area contributed by atoms with Crippen LogP contribution < -0.4 is 5.32 Å². The number of benzene rings is 1. The molecule has 1 aromatic heterocycles. The Hall–Kier alpha value is -2.18. The van der Waals surface area contributed by atoms with E-state index in [1.54, 1.807) is 6.20 Å². The van der Waals surface area contributed by atoms with Crippen LogP contribution in [0.15, 0.2) is 36.7 Å². The van der Waals surface area contributed by atoms with Crippen LogP contribution in [0.3, 0.4) is 0 Å². The first-order chi connectivity index (χ1) is 11.7. The lowest BCUT2D eigenvalue weighted by Gasteiger charge is -2.21. The van der Waals surface area contributed by atoms with Gasteiger partial charge in [-0.2, -0.15) is 0 Å². The summed E-state index contributed by atoms with van der Waals surface area (Å²) in [5.41, 5.74) is 1.99. The van der Waals surface area contributed by atoms with Gasteiger partial charge in [0.25, 0.3) is 0 Å². The van der Waals surface area contributed by atoms with Crippen LogP contribution in [0.5, 0.6) is 0 Å². The van der Waals surface area contributed by atoms with Crippen molar-refractivity contribution in [3.05, 3.63) is 48.0 Å². The van der Waals surface area contributed by atoms with Crippen molar-refractivity contribution in [2.24, 2.45) is 0 Å². The van der Waals surface area contributed by atoms with Crippen LogP contribution >= 0.6 is 0 Å². The van der Waals surface area contributed by atoms with Crippen molar-refractivity contribution < 1.29 is 4.79 Å². The second-order valence-electron chi connectivity index (χ2n) is 6.30. The molecule has 0 radical (unpaired) electrons. The fourth-order valence-electron chi connectivity index (χ4n) is 3.04. The molecule has 0 unspecified atom stereocenters. The molecule has 24 heavy (non-hydrogen) atoms. The quantitative estimate of drug-likeness (QED) is 0.880. The number of carbonyl (C=O) groups is 1. The Morgan fingerprint density at radius 2 is 2.00 bits per heavy atom. The van der Waals surface area contributed by atoms with Gasteiger partial charge in [0, 0.05) is 31.2 Å². The summed E-state index contributed by atoms with van der Waals surface area (Å²) in [5, 5.41) is 3.02. The van der Waals surface area contributed by atoms with Gasteiger partial charge in [-0.05, 0) is 38.1 Å². The second-order valence-corrected chi connectivity index (χ2v) is 6.30. The Labute approximate surface area is 142 Å². The molecule has 0 aliphatic carbocycles. The maximum atomic E-state index is 12.3. The molecule has 1 saturated heterocycles. The molecule has 0 spiro atoms. The topological polar surface area (TPSA) is 64.3 Å². The molecule has 1 aromatic carbocycles. The number of aromatic amines is 1. The highest BCUT2D eigenvalue weighted by molar-refractivity contribution is 5.92. The minimum absolute atomic E-state index is 0.0591. The predicted octanol–water partition coefficient (Wildman–Crippen LogP) is 1.86. The zero-order valence-electron chi connectivity index (χ0n) is 14.2. The molecule has 0 bridgehead atoms. The van der Waals surface area contributed by atoms with E-state index in [0.717, 1.165) is 56.2 Å². The van der Waals surface area contributed by atoms with Crippen LogP contribution in [-0.2, 0) is 11.3 Å². The number of para-hydroxylation sites is 1. The fourth-order valence-corrected chi connectivity index (χ4v) is 3.04. The maximum absolute atomic E-state index is 12.3. The Balaban J connectivity index is 1.47. The van der Waals surface area contributed by atoms with Crippen LogP contribution in [0.4, 0.5) is 5.69 Å². The van der Waals surface area contributed by atoms with Crippen molar-refractivity contribution in [1.82, 2.24) is 19.8 Å². The van der Waals surface area contributed by atoms with E-state index in [0.29, 0.717) is 6.54 Å². The van der Waals surface area contributed by atoms with Crippen LogP contribution in [0, 0.1) is 6.92 Å². The summed E-state index contributed by atoms with van der Waals surface area (Å²) in [7, 11) is 0.